The molecule has 7 nitrogen and oxygen atoms in total. The summed E-state index contributed by atoms with van der Waals surface area (Å²) < 4.78 is 57.1. The Morgan fingerprint density at radius 3 is 2.69 bits per heavy atom. The average molecular weight is 413 g/mol. The number of aromatic nitrogens is 3. The van der Waals surface area contributed by atoms with E-state index in [0.29, 0.717) is 32.2 Å². The van der Waals surface area contributed by atoms with Gasteiger partial charge in [0.15, 0.2) is 0 Å². The smallest absolute Gasteiger partial charge is 0.370 e. The van der Waals surface area contributed by atoms with Gasteiger partial charge in [-0.2, -0.15) is 13.2 Å². The molecule has 2 aliphatic rings. The van der Waals surface area contributed by atoms with Crippen LogP contribution in [0.1, 0.15) is 29.2 Å². The van der Waals surface area contributed by atoms with Crippen molar-refractivity contribution in [2.75, 3.05) is 26.2 Å². The van der Waals surface area contributed by atoms with Crippen molar-refractivity contribution in [3.63, 3.8) is 0 Å². The van der Waals surface area contributed by atoms with Gasteiger partial charge in [0.05, 0.1) is 43.3 Å². The number of alkyl halides is 3. The van der Waals surface area contributed by atoms with Crippen LogP contribution in [-0.4, -0.2) is 63.5 Å². The van der Waals surface area contributed by atoms with Gasteiger partial charge >= 0.3 is 12.2 Å². The molecule has 2 aliphatic heterocycles. The van der Waals surface area contributed by atoms with Crippen molar-refractivity contribution >= 4 is 6.03 Å². The Labute approximate surface area is 163 Å². The van der Waals surface area contributed by atoms with Gasteiger partial charge in [-0.3, -0.25) is 5.10 Å². The summed E-state index contributed by atoms with van der Waals surface area (Å²) >= 11 is 0. The van der Waals surface area contributed by atoms with Gasteiger partial charge in [-0.25, -0.2) is 9.18 Å². The van der Waals surface area contributed by atoms with Crippen molar-refractivity contribution in [1.29, 1.82) is 0 Å². The number of likely N-dealkylation sites (tertiary alicyclic amines) is 2. The van der Waals surface area contributed by atoms with E-state index >= 15 is 0 Å². The number of ether oxygens (including phenoxy) is 1. The number of nitrogens with one attached hydrogen (secondary N) is 1. The second kappa shape index (κ2) is 7.62. The summed E-state index contributed by atoms with van der Waals surface area (Å²) in [6.45, 7) is 1.82. The molecule has 2 saturated heterocycles. The molecule has 0 spiro atoms. The van der Waals surface area contributed by atoms with Crippen LogP contribution < -0.4 is 0 Å². The van der Waals surface area contributed by atoms with Crippen LogP contribution >= 0.6 is 0 Å². The fourth-order valence-electron chi connectivity index (χ4n) is 3.54. The van der Waals surface area contributed by atoms with E-state index in [0.717, 1.165) is 24.2 Å². The summed E-state index contributed by atoms with van der Waals surface area (Å²) in [6, 6.07) is 2.29. The highest BCUT2D eigenvalue weighted by atomic mass is 19.4. The lowest BCUT2D eigenvalue weighted by atomic mass is 10.1. The lowest BCUT2D eigenvalue weighted by Gasteiger charge is -2.40. The van der Waals surface area contributed by atoms with E-state index in [1.54, 1.807) is 16.0 Å². The maximum Gasteiger partial charge on any atom is 0.416 e. The van der Waals surface area contributed by atoms with E-state index in [9.17, 15) is 22.4 Å². The number of carbonyl (C=O) groups excluding carboxylic acids is 1. The van der Waals surface area contributed by atoms with Crippen LogP contribution in [0.5, 0.6) is 0 Å². The Bertz CT molecular complexity index is 868. The van der Waals surface area contributed by atoms with Crippen LogP contribution in [0.15, 0.2) is 24.4 Å². The van der Waals surface area contributed by atoms with Crippen LogP contribution in [-0.2, 0) is 17.5 Å². The molecule has 156 valence electrons. The standard InChI is InChI=1S/C18H19F4N5O2/c19-15-5-13(18(20,21)22)2-1-12(15)10-29-14-8-27(9-14)17(28)26-4-3-11(7-26)16-6-23-25-24-16/h1-2,5-6,11,14H,3-4,7-10H2,(H,23,24,25)/t11-/m0/s1. The summed E-state index contributed by atoms with van der Waals surface area (Å²) in [5.74, 6) is -0.770. The first kappa shape index (κ1) is 19.6. The summed E-state index contributed by atoms with van der Waals surface area (Å²) in [5.41, 5.74) is -0.0731. The minimum atomic E-state index is -4.59. The van der Waals surface area contributed by atoms with Gasteiger partial charge in [-0.15, -0.1) is 5.10 Å². The highest BCUT2D eigenvalue weighted by Gasteiger charge is 2.37. The topological polar surface area (TPSA) is 74.3 Å². The average Bonchev–Trinajstić information content (AvgIpc) is 3.31. The Morgan fingerprint density at radius 2 is 2.03 bits per heavy atom. The minimum absolute atomic E-state index is 0.0540. The highest BCUT2D eigenvalue weighted by molar-refractivity contribution is 5.75. The number of hydrogen-bond donors (Lipinski definition) is 1. The molecule has 1 aromatic heterocycles. The molecule has 0 unspecified atom stereocenters. The molecule has 1 N–H and O–H groups in total. The second-order valence-electron chi connectivity index (χ2n) is 7.27. The van der Waals surface area contributed by atoms with Crippen molar-refractivity contribution in [3.8, 4) is 0 Å². The van der Waals surface area contributed by atoms with Crippen molar-refractivity contribution in [2.24, 2.45) is 0 Å². The fraction of sp³-hybridized carbons (Fsp3) is 0.500. The normalized spacial score (nSPS) is 20.2. The number of halogens is 4. The summed E-state index contributed by atoms with van der Waals surface area (Å²) in [7, 11) is 0. The zero-order chi connectivity index (χ0) is 20.6. The van der Waals surface area contributed by atoms with E-state index in [2.05, 4.69) is 15.4 Å². The van der Waals surface area contributed by atoms with E-state index in [-0.39, 0.29) is 30.2 Å². The fourth-order valence-corrected chi connectivity index (χ4v) is 3.54. The first-order chi connectivity index (χ1) is 13.8. The number of rotatable bonds is 4. The number of hydrogen-bond acceptors (Lipinski definition) is 4. The second-order valence-corrected chi connectivity index (χ2v) is 7.27. The molecule has 0 aliphatic carbocycles. The van der Waals surface area contributed by atoms with E-state index < -0.39 is 17.6 Å². The predicted octanol–water partition coefficient (Wildman–Crippen LogP) is 2.77. The van der Waals surface area contributed by atoms with Crippen LogP contribution in [0.2, 0.25) is 0 Å². The molecule has 4 rings (SSSR count). The number of urea groups is 1. The molecular weight excluding hydrogens is 394 g/mol. The zero-order valence-corrected chi connectivity index (χ0v) is 15.3. The highest BCUT2D eigenvalue weighted by Crippen LogP contribution is 2.31. The molecule has 1 aromatic carbocycles. The van der Waals surface area contributed by atoms with Crippen LogP contribution in [0.4, 0.5) is 22.4 Å². The first-order valence-electron chi connectivity index (χ1n) is 9.18. The number of carbonyl (C=O) groups is 1. The maximum atomic E-state index is 13.9. The van der Waals surface area contributed by atoms with Gasteiger partial charge in [0.1, 0.15) is 5.82 Å². The monoisotopic (exact) mass is 413 g/mol. The summed E-state index contributed by atoms with van der Waals surface area (Å²) in [6.07, 6.45) is -2.36. The molecule has 1 atom stereocenters. The van der Waals surface area contributed by atoms with Crippen molar-refractivity contribution in [2.45, 2.75) is 31.2 Å². The Hall–Kier alpha value is -2.69. The van der Waals surface area contributed by atoms with Gasteiger partial charge < -0.3 is 14.5 Å². The molecule has 29 heavy (non-hydrogen) atoms. The maximum absolute atomic E-state index is 13.9. The number of benzene rings is 1. The van der Waals surface area contributed by atoms with Crippen LogP contribution in [0.25, 0.3) is 0 Å². The molecule has 2 fully saturated rings. The lowest BCUT2D eigenvalue weighted by molar-refractivity contribution is -0.137. The summed E-state index contributed by atoms with van der Waals surface area (Å²) in [5, 5.41) is 10.3. The Balaban J connectivity index is 1.23. The molecule has 11 heteroatoms. The number of H-pyrrole nitrogens is 1. The van der Waals surface area contributed by atoms with Crippen molar-refractivity contribution < 1.29 is 27.1 Å². The Kier molecular flexibility index (Phi) is 5.15. The largest absolute Gasteiger partial charge is 0.416 e. The predicted molar refractivity (Wildman–Crippen MR) is 92.3 cm³/mol. The van der Waals surface area contributed by atoms with E-state index in [1.165, 1.54) is 0 Å². The van der Waals surface area contributed by atoms with Gasteiger partial charge in [0.2, 0.25) is 0 Å². The van der Waals surface area contributed by atoms with Crippen molar-refractivity contribution in [3.05, 3.63) is 47.0 Å². The van der Waals surface area contributed by atoms with E-state index in [4.69, 9.17) is 4.74 Å². The van der Waals surface area contributed by atoms with Crippen LogP contribution in [0, 0.1) is 5.82 Å². The Morgan fingerprint density at radius 1 is 1.24 bits per heavy atom. The molecule has 3 heterocycles. The first-order valence-corrected chi connectivity index (χ1v) is 9.18. The van der Waals surface area contributed by atoms with Crippen molar-refractivity contribution in [1.82, 2.24) is 25.2 Å². The van der Waals surface area contributed by atoms with Gasteiger partial charge in [0, 0.05) is 24.6 Å². The quantitative estimate of drug-likeness (QED) is 0.783. The molecule has 2 amide bonds. The SMILES string of the molecule is O=C(N1CC(OCc2ccc(C(F)(F)F)cc2F)C1)N1CC[C@H](c2cnn[nH]2)C1. The molecule has 0 bridgehead atoms. The third-order valence-electron chi connectivity index (χ3n) is 5.31. The lowest BCUT2D eigenvalue weighted by Crippen LogP contribution is -2.58. The van der Waals surface area contributed by atoms with Crippen LogP contribution in [0.3, 0.4) is 0 Å². The number of aromatic amines is 1. The van der Waals surface area contributed by atoms with Gasteiger partial charge in [-0.1, -0.05) is 11.3 Å². The van der Waals surface area contributed by atoms with Gasteiger partial charge in [-0.05, 0) is 18.6 Å². The number of amides is 2. The molecule has 2 aromatic rings. The number of nitrogens with zero attached hydrogens (tertiary/aromatic N) is 4. The summed E-state index contributed by atoms with van der Waals surface area (Å²) in [4.78, 5) is 15.9. The van der Waals surface area contributed by atoms with E-state index in [1.807, 2.05) is 0 Å². The zero-order valence-electron chi connectivity index (χ0n) is 15.3. The molecule has 0 radical (unpaired) electrons. The molecule has 0 saturated carbocycles. The third-order valence-corrected chi connectivity index (χ3v) is 5.31. The molecular formula is C18H19F4N5O2. The van der Waals surface area contributed by atoms with Gasteiger partial charge in [0.25, 0.3) is 0 Å². The minimum Gasteiger partial charge on any atom is -0.370 e. The third kappa shape index (κ3) is 4.19.